The van der Waals surface area contributed by atoms with Gasteiger partial charge in [-0.1, -0.05) is 67.6 Å². The molecule has 0 bridgehead atoms. The Hall–Kier alpha value is -2.35. The number of likely N-dealkylation sites (tertiary alicyclic amines) is 1. The van der Waals surface area contributed by atoms with Gasteiger partial charge >= 0.3 is 0 Å². The van der Waals surface area contributed by atoms with Crippen molar-refractivity contribution < 1.29 is 4.79 Å². The SMILES string of the molecule is CC1CCN(C(=O)/C(=C\c2ccccc2)c2ccccc2)CC1. The minimum atomic E-state index is 0.145. The van der Waals surface area contributed by atoms with Crippen molar-refractivity contribution in [2.45, 2.75) is 19.8 Å². The number of benzene rings is 2. The summed E-state index contributed by atoms with van der Waals surface area (Å²) in [6.07, 6.45) is 4.20. The van der Waals surface area contributed by atoms with E-state index in [4.69, 9.17) is 0 Å². The number of amides is 1. The van der Waals surface area contributed by atoms with Crippen molar-refractivity contribution in [3.05, 3.63) is 71.8 Å². The van der Waals surface area contributed by atoms with E-state index in [0.717, 1.165) is 48.5 Å². The number of carbonyl (C=O) groups is 1. The van der Waals surface area contributed by atoms with E-state index in [9.17, 15) is 4.79 Å². The second kappa shape index (κ2) is 7.28. The summed E-state index contributed by atoms with van der Waals surface area (Å²) in [4.78, 5) is 15.1. The third-order valence-corrected chi connectivity index (χ3v) is 4.50. The summed E-state index contributed by atoms with van der Waals surface area (Å²) in [5.41, 5.74) is 2.83. The quantitative estimate of drug-likeness (QED) is 0.604. The Bertz CT molecular complexity index is 668. The van der Waals surface area contributed by atoms with Crippen molar-refractivity contribution in [3.8, 4) is 0 Å². The summed E-state index contributed by atoms with van der Waals surface area (Å²) in [5, 5.41) is 0. The lowest BCUT2D eigenvalue weighted by molar-refractivity contribution is -0.126. The van der Waals surface area contributed by atoms with Crippen molar-refractivity contribution in [1.29, 1.82) is 0 Å². The van der Waals surface area contributed by atoms with Crippen LogP contribution in [0.4, 0.5) is 0 Å². The third-order valence-electron chi connectivity index (χ3n) is 4.50. The van der Waals surface area contributed by atoms with Gasteiger partial charge in [0, 0.05) is 18.7 Å². The number of hydrogen-bond acceptors (Lipinski definition) is 1. The molecule has 118 valence electrons. The Balaban J connectivity index is 1.92. The second-order valence-electron chi connectivity index (χ2n) is 6.31. The third kappa shape index (κ3) is 3.89. The van der Waals surface area contributed by atoms with Gasteiger partial charge in [-0.15, -0.1) is 0 Å². The predicted molar refractivity (Wildman–Crippen MR) is 95.7 cm³/mol. The minimum Gasteiger partial charge on any atom is -0.339 e. The van der Waals surface area contributed by atoms with Crippen LogP contribution in [0.5, 0.6) is 0 Å². The average molecular weight is 305 g/mol. The maximum absolute atomic E-state index is 13.1. The molecule has 2 nitrogen and oxygen atoms in total. The van der Waals surface area contributed by atoms with Crippen LogP contribution in [0.2, 0.25) is 0 Å². The summed E-state index contributed by atoms with van der Waals surface area (Å²) < 4.78 is 0. The second-order valence-corrected chi connectivity index (χ2v) is 6.31. The van der Waals surface area contributed by atoms with Crippen molar-refractivity contribution in [2.24, 2.45) is 5.92 Å². The maximum Gasteiger partial charge on any atom is 0.254 e. The highest BCUT2D eigenvalue weighted by Gasteiger charge is 2.23. The summed E-state index contributed by atoms with van der Waals surface area (Å²) in [6.45, 7) is 3.98. The Morgan fingerprint density at radius 1 is 0.957 bits per heavy atom. The van der Waals surface area contributed by atoms with Gasteiger partial charge in [0.25, 0.3) is 5.91 Å². The molecule has 3 rings (SSSR count). The van der Waals surface area contributed by atoms with E-state index in [0.29, 0.717) is 0 Å². The van der Waals surface area contributed by atoms with Gasteiger partial charge in [0.2, 0.25) is 0 Å². The molecular weight excluding hydrogens is 282 g/mol. The highest BCUT2D eigenvalue weighted by atomic mass is 16.2. The topological polar surface area (TPSA) is 20.3 Å². The molecule has 23 heavy (non-hydrogen) atoms. The molecule has 0 spiro atoms. The van der Waals surface area contributed by atoms with Crippen LogP contribution < -0.4 is 0 Å². The maximum atomic E-state index is 13.1. The lowest BCUT2D eigenvalue weighted by Crippen LogP contribution is -2.38. The van der Waals surface area contributed by atoms with Crippen LogP contribution >= 0.6 is 0 Å². The van der Waals surface area contributed by atoms with E-state index in [-0.39, 0.29) is 5.91 Å². The molecule has 0 radical (unpaired) electrons. The van der Waals surface area contributed by atoms with Gasteiger partial charge in [0.15, 0.2) is 0 Å². The highest BCUT2D eigenvalue weighted by molar-refractivity contribution is 6.24. The van der Waals surface area contributed by atoms with E-state index in [1.54, 1.807) is 0 Å². The fourth-order valence-corrected chi connectivity index (χ4v) is 2.98. The molecular formula is C21H23NO. The summed E-state index contributed by atoms with van der Waals surface area (Å²) in [7, 11) is 0. The molecule has 2 aromatic rings. The zero-order valence-corrected chi connectivity index (χ0v) is 13.6. The highest BCUT2D eigenvalue weighted by Crippen LogP contribution is 2.24. The first-order valence-corrected chi connectivity index (χ1v) is 8.35. The summed E-state index contributed by atoms with van der Waals surface area (Å²) >= 11 is 0. The molecule has 2 heteroatoms. The zero-order valence-electron chi connectivity index (χ0n) is 13.6. The van der Waals surface area contributed by atoms with E-state index in [2.05, 4.69) is 6.92 Å². The number of rotatable bonds is 3. The molecule has 1 saturated heterocycles. The van der Waals surface area contributed by atoms with Crippen LogP contribution in [-0.4, -0.2) is 23.9 Å². The van der Waals surface area contributed by atoms with Crippen LogP contribution in [0.25, 0.3) is 11.6 Å². The standard InChI is InChI=1S/C21H23NO/c1-17-12-14-22(15-13-17)21(23)20(19-10-6-3-7-11-19)16-18-8-4-2-5-9-18/h2-11,16-17H,12-15H2,1H3/b20-16-. The predicted octanol–water partition coefficient (Wildman–Crippen LogP) is 4.49. The molecule has 0 N–H and O–H groups in total. The largest absolute Gasteiger partial charge is 0.339 e. The van der Waals surface area contributed by atoms with Crippen LogP contribution in [0.1, 0.15) is 30.9 Å². The van der Waals surface area contributed by atoms with Crippen LogP contribution in [0.15, 0.2) is 60.7 Å². The van der Waals surface area contributed by atoms with Crippen molar-refractivity contribution in [3.63, 3.8) is 0 Å². The van der Waals surface area contributed by atoms with Crippen LogP contribution in [-0.2, 0) is 4.79 Å². The normalized spacial score (nSPS) is 16.4. The first-order valence-electron chi connectivity index (χ1n) is 8.35. The molecule has 2 aromatic carbocycles. The van der Waals surface area contributed by atoms with Gasteiger partial charge in [-0.05, 0) is 36.0 Å². The Morgan fingerprint density at radius 3 is 2.13 bits per heavy atom. The molecule has 1 aliphatic heterocycles. The van der Waals surface area contributed by atoms with Crippen LogP contribution in [0, 0.1) is 5.92 Å². The van der Waals surface area contributed by atoms with Crippen molar-refractivity contribution in [2.75, 3.05) is 13.1 Å². The fraction of sp³-hybridized carbons (Fsp3) is 0.286. The number of hydrogen-bond donors (Lipinski definition) is 0. The summed E-state index contributed by atoms with van der Waals surface area (Å²) in [6, 6.07) is 20.0. The molecule has 1 heterocycles. The lowest BCUT2D eigenvalue weighted by Gasteiger charge is -2.31. The van der Waals surface area contributed by atoms with Crippen LogP contribution in [0.3, 0.4) is 0 Å². The van der Waals surface area contributed by atoms with E-state index in [1.807, 2.05) is 71.6 Å². The zero-order chi connectivity index (χ0) is 16.1. The average Bonchev–Trinajstić information content (AvgIpc) is 2.61. The van der Waals surface area contributed by atoms with Gasteiger partial charge in [-0.2, -0.15) is 0 Å². The number of nitrogens with zero attached hydrogens (tertiary/aromatic N) is 1. The molecule has 0 unspecified atom stereocenters. The minimum absolute atomic E-state index is 0.145. The van der Waals surface area contributed by atoms with Gasteiger partial charge in [0.1, 0.15) is 0 Å². The molecule has 1 amide bonds. The smallest absolute Gasteiger partial charge is 0.254 e. The first-order chi connectivity index (χ1) is 11.2. The van der Waals surface area contributed by atoms with Crippen molar-refractivity contribution in [1.82, 2.24) is 4.90 Å². The molecule has 0 aliphatic carbocycles. The Morgan fingerprint density at radius 2 is 1.52 bits per heavy atom. The lowest BCUT2D eigenvalue weighted by atomic mass is 9.96. The van der Waals surface area contributed by atoms with Gasteiger partial charge in [-0.3, -0.25) is 4.79 Å². The number of piperidine rings is 1. The fourth-order valence-electron chi connectivity index (χ4n) is 2.98. The first kappa shape index (κ1) is 15.5. The van der Waals surface area contributed by atoms with E-state index in [1.165, 1.54) is 0 Å². The van der Waals surface area contributed by atoms with Gasteiger partial charge in [0.05, 0.1) is 0 Å². The summed E-state index contributed by atoms with van der Waals surface area (Å²) in [5.74, 6) is 0.865. The molecule has 1 fully saturated rings. The number of carbonyl (C=O) groups excluding carboxylic acids is 1. The molecule has 0 saturated carbocycles. The monoisotopic (exact) mass is 305 g/mol. The van der Waals surface area contributed by atoms with Gasteiger partial charge < -0.3 is 4.90 Å². The molecule has 0 atom stereocenters. The van der Waals surface area contributed by atoms with Crippen molar-refractivity contribution >= 4 is 17.6 Å². The van der Waals surface area contributed by atoms with E-state index >= 15 is 0 Å². The Kier molecular flexibility index (Phi) is 4.92. The van der Waals surface area contributed by atoms with E-state index < -0.39 is 0 Å². The Labute approximate surface area is 138 Å². The molecule has 1 aliphatic rings. The van der Waals surface area contributed by atoms with Gasteiger partial charge in [-0.25, -0.2) is 0 Å². The molecule has 0 aromatic heterocycles.